The van der Waals surface area contributed by atoms with Gasteiger partial charge in [-0.25, -0.2) is 0 Å². The number of anilines is 3. The van der Waals surface area contributed by atoms with Crippen LogP contribution >= 0.6 is 11.8 Å². The molecule has 0 aliphatic carbocycles. The average molecular weight is 890 g/mol. The van der Waals surface area contributed by atoms with Crippen LogP contribution in [0.15, 0.2) is 228 Å². The van der Waals surface area contributed by atoms with Crippen molar-refractivity contribution in [2.24, 2.45) is 0 Å². The summed E-state index contributed by atoms with van der Waals surface area (Å²) < 4.78 is 0. The fourth-order valence-corrected chi connectivity index (χ4v) is 18.1. The second-order valence-electron chi connectivity index (χ2n) is 19.7. The molecule has 1 nitrogen and oxygen atoms in total. The highest BCUT2D eigenvalue weighted by Gasteiger charge is 2.51. The lowest BCUT2D eigenvalue weighted by atomic mass is 9.34. The summed E-state index contributed by atoms with van der Waals surface area (Å²) >= 11 is 1.94. The average Bonchev–Trinajstić information content (AvgIpc) is 3.65. The molecule has 0 atom stereocenters. The molecule has 0 N–H and O–H groups in total. The normalized spacial score (nSPS) is 14.0. The van der Waals surface area contributed by atoms with E-state index in [0.29, 0.717) is 0 Å². The molecular weight excluding hydrogens is 842 g/mol. The molecule has 0 saturated heterocycles. The molecule has 0 aromatic heterocycles. The lowest BCUT2D eigenvalue weighted by Crippen LogP contribution is -2.73. The third kappa shape index (κ3) is 6.16. The highest BCUT2D eigenvalue weighted by molar-refractivity contribution is 8.00. The van der Waals surface area contributed by atoms with Crippen molar-refractivity contribution >= 4 is 91.5 Å². The van der Waals surface area contributed by atoms with Crippen LogP contribution in [0.1, 0.15) is 31.9 Å². The SMILES string of the molecule is Cc1cc2c3c(c1)N(c1ccc(C(C)(C)C)cc1-c1ccccc1)c1cc4c(cc1B3c1cc(-c3ccc5ccccc5c3)ccc1S2)[Si](c1ccccc1)(c1ccccc1)c1ccccc1-4. The first-order valence-corrected chi connectivity index (χ1v) is 26.4. The molecule has 0 fully saturated rings. The number of nitrogens with zero attached hydrogens (tertiary/aromatic N) is 1. The molecule has 318 valence electrons. The molecule has 3 aliphatic rings. The fraction of sp³-hybridized carbons (Fsp3) is 0.0794. The lowest BCUT2D eigenvalue weighted by molar-refractivity contribution is 0.590. The van der Waals surface area contributed by atoms with Crippen LogP contribution in [-0.4, -0.2) is 14.8 Å². The van der Waals surface area contributed by atoms with Crippen LogP contribution in [0.2, 0.25) is 0 Å². The number of hydrogen-bond donors (Lipinski definition) is 0. The Kier molecular flexibility index (Phi) is 9.13. The summed E-state index contributed by atoms with van der Waals surface area (Å²) in [5.74, 6) is 0. The number of hydrogen-bond acceptors (Lipinski definition) is 2. The first kappa shape index (κ1) is 40.2. The number of benzene rings is 10. The van der Waals surface area contributed by atoms with Crippen molar-refractivity contribution in [2.75, 3.05) is 4.90 Å². The van der Waals surface area contributed by atoms with Gasteiger partial charge in [-0.1, -0.05) is 214 Å². The number of fused-ring (bicyclic) bond motifs is 8. The van der Waals surface area contributed by atoms with Crippen molar-refractivity contribution in [2.45, 2.75) is 42.9 Å². The summed E-state index contributed by atoms with van der Waals surface area (Å²) in [4.78, 5) is 5.32. The third-order valence-corrected chi connectivity index (χ3v) is 20.8. The molecule has 10 aromatic carbocycles. The minimum absolute atomic E-state index is 0.00906. The summed E-state index contributed by atoms with van der Waals surface area (Å²) in [5.41, 5.74) is 18.1. The van der Waals surface area contributed by atoms with E-state index in [4.69, 9.17) is 0 Å². The zero-order valence-electron chi connectivity index (χ0n) is 38.2. The molecule has 4 heteroatoms. The lowest BCUT2D eigenvalue weighted by Gasteiger charge is -2.42. The van der Waals surface area contributed by atoms with Crippen LogP contribution < -0.4 is 42.0 Å². The zero-order chi connectivity index (χ0) is 45.0. The monoisotopic (exact) mass is 889 g/mol. The first-order chi connectivity index (χ1) is 32.8. The van der Waals surface area contributed by atoms with E-state index in [1.165, 1.54) is 119 Å². The molecule has 0 spiro atoms. The number of rotatable bonds is 5. The number of aryl methyl sites for hydroxylation is 1. The van der Waals surface area contributed by atoms with Crippen LogP contribution in [0, 0.1) is 6.92 Å². The van der Waals surface area contributed by atoms with E-state index in [1.807, 2.05) is 11.8 Å². The van der Waals surface area contributed by atoms with Crippen molar-refractivity contribution < 1.29 is 0 Å². The molecule has 67 heavy (non-hydrogen) atoms. The van der Waals surface area contributed by atoms with E-state index >= 15 is 0 Å². The van der Waals surface area contributed by atoms with Crippen molar-refractivity contribution in [3.05, 3.63) is 230 Å². The Balaban J connectivity index is 1.15. The second-order valence-corrected chi connectivity index (χ2v) is 24.5. The fourth-order valence-electron chi connectivity index (χ4n) is 11.7. The van der Waals surface area contributed by atoms with Crippen LogP contribution in [0.5, 0.6) is 0 Å². The van der Waals surface area contributed by atoms with Crippen molar-refractivity contribution in [3.8, 4) is 33.4 Å². The Morgan fingerprint density at radius 2 is 1.09 bits per heavy atom. The van der Waals surface area contributed by atoms with Gasteiger partial charge >= 0.3 is 0 Å². The van der Waals surface area contributed by atoms with Gasteiger partial charge in [-0.3, -0.25) is 0 Å². The van der Waals surface area contributed by atoms with Crippen molar-refractivity contribution in [1.82, 2.24) is 0 Å². The summed E-state index contributed by atoms with van der Waals surface area (Å²) in [6.45, 7) is 9.26. The minimum Gasteiger partial charge on any atom is -0.311 e. The van der Waals surface area contributed by atoms with E-state index in [0.717, 1.165) is 0 Å². The van der Waals surface area contributed by atoms with Crippen LogP contribution in [0.3, 0.4) is 0 Å². The molecule has 0 unspecified atom stereocenters. The first-order valence-electron chi connectivity index (χ1n) is 23.6. The highest BCUT2D eigenvalue weighted by Crippen LogP contribution is 2.48. The summed E-state index contributed by atoms with van der Waals surface area (Å²) in [6.07, 6.45) is 0. The van der Waals surface area contributed by atoms with Gasteiger partial charge < -0.3 is 4.90 Å². The largest absolute Gasteiger partial charge is 0.311 e. The maximum atomic E-state index is 2.70. The topological polar surface area (TPSA) is 3.24 Å². The van der Waals surface area contributed by atoms with Gasteiger partial charge in [0.2, 0.25) is 6.71 Å². The summed E-state index contributed by atoms with van der Waals surface area (Å²) in [5, 5.41) is 8.29. The second kappa shape index (κ2) is 15.2. The molecule has 0 amide bonds. The molecule has 3 heterocycles. The quantitative estimate of drug-likeness (QED) is 0.158. The molecule has 0 radical (unpaired) electrons. The Hall–Kier alpha value is -7.11. The van der Waals surface area contributed by atoms with Gasteiger partial charge in [0.15, 0.2) is 8.07 Å². The van der Waals surface area contributed by atoms with Gasteiger partial charge in [0.05, 0.1) is 5.69 Å². The van der Waals surface area contributed by atoms with Crippen molar-refractivity contribution in [1.29, 1.82) is 0 Å². The van der Waals surface area contributed by atoms with E-state index in [1.54, 1.807) is 0 Å². The maximum Gasteiger partial charge on any atom is 0.249 e. The predicted octanol–water partition coefficient (Wildman–Crippen LogP) is 11.9. The Bertz CT molecular complexity index is 3580. The Labute approximate surface area is 399 Å². The van der Waals surface area contributed by atoms with E-state index in [-0.39, 0.29) is 12.1 Å². The van der Waals surface area contributed by atoms with E-state index in [2.05, 4.69) is 251 Å². The molecule has 13 rings (SSSR count). The zero-order valence-corrected chi connectivity index (χ0v) is 40.0. The molecule has 0 saturated carbocycles. The predicted molar refractivity (Wildman–Crippen MR) is 291 cm³/mol. The van der Waals surface area contributed by atoms with Gasteiger partial charge in [-0.05, 0) is 136 Å². The highest BCUT2D eigenvalue weighted by atomic mass is 32.2. The summed E-state index contributed by atoms with van der Waals surface area (Å²) in [6, 6.07) is 83.7. The Morgan fingerprint density at radius 3 is 1.84 bits per heavy atom. The smallest absolute Gasteiger partial charge is 0.249 e. The van der Waals surface area contributed by atoms with Gasteiger partial charge in [0.1, 0.15) is 0 Å². The third-order valence-electron chi connectivity index (χ3n) is 14.8. The van der Waals surface area contributed by atoms with E-state index in [9.17, 15) is 0 Å². The van der Waals surface area contributed by atoms with Gasteiger partial charge in [0, 0.05) is 26.7 Å². The molecular formula is C63H48BNSSi. The van der Waals surface area contributed by atoms with E-state index < -0.39 is 8.07 Å². The van der Waals surface area contributed by atoms with Crippen LogP contribution in [0.25, 0.3) is 44.2 Å². The molecule has 3 aliphatic heterocycles. The Morgan fingerprint density at radius 1 is 0.433 bits per heavy atom. The standard InChI is InChI=1S/C63H48BNSSi/c1-41-34-57-62-59(35-41)66-58-33-30-46(45-29-28-42-18-14-15-21-44(42)36-45)37-54(58)64(62)53-40-61-52(39-56(53)65(57)55-32-31-47(63(2,3)4)38-51(55)43-19-8-5-9-20-43)50-26-16-17-27-60(50)67(61,48-22-10-6-11-23-48)49-24-12-7-13-25-49/h5-40H,1-4H3. The van der Waals surface area contributed by atoms with Crippen LogP contribution in [0.4, 0.5) is 17.1 Å². The van der Waals surface area contributed by atoms with Crippen LogP contribution in [-0.2, 0) is 5.41 Å². The summed E-state index contributed by atoms with van der Waals surface area (Å²) in [7, 11) is -2.82. The minimum atomic E-state index is -2.82. The van der Waals surface area contributed by atoms with Gasteiger partial charge in [-0.15, -0.1) is 0 Å². The van der Waals surface area contributed by atoms with Gasteiger partial charge in [-0.2, -0.15) is 0 Å². The molecule has 0 bridgehead atoms. The molecule has 10 aromatic rings. The maximum absolute atomic E-state index is 2.82. The van der Waals surface area contributed by atoms with Crippen molar-refractivity contribution in [3.63, 3.8) is 0 Å². The van der Waals surface area contributed by atoms with Gasteiger partial charge in [0.25, 0.3) is 0 Å².